The summed E-state index contributed by atoms with van der Waals surface area (Å²) in [5, 5.41) is 8.80. The first-order valence-electron chi connectivity index (χ1n) is 4.90. The largest absolute Gasteiger partial charge is 0.478 e. The molecule has 1 unspecified atom stereocenters. The van der Waals surface area contributed by atoms with Crippen LogP contribution in [-0.2, 0) is 21.3 Å². The summed E-state index contributed by atoms with van der Waals surface area (Å²) in [5.74, 6) is -0.106. The number of aromatic carboxylic acids is 1. The molecule has 0 aliphatic carbocycles. The lowest BCUT2D eigenvalue weighted by atomic mass is 10.1. The number of carboxylic acids is 1. The van der Waals surface area contributed by atoms with Gasteiger partial charge in [-0.05, 0) is 17.7 Å². The van der Waals surface area contributed by atoms with Crippen LogP contribution in [-0.4, -0.2) is 34.8 Å². The summed E-state index contributed by atoms with van der Waals surface area (Å²) in [5.41, 5.74) is 1.05. The van der Waals surface area contributed by atoms with E-state index in [1.165, 1.54) is 12.1 Å². The molecule has 0 spiro atoms. The maximum absolute atomic E-state index is 11.6. The quantitative estimate of drug-likeness (QED) is 0.871. The highest BCUT2D eigenvalue weighted by molar-refractivity contribution is 9.10. The zero-order valence-corrected chi connectivity index (χ0v) is 11.7. The minimum absolute atomic E-state index is 0.211. The molecule has 0 saturated carbocycles. The Kier molecular flexibility index (Phi) is 5.80. The summed E-state index contributed by atoms with van der Waals surface area (Å²) in [6.45, 7) is 0.456. The number of rotatable bonds is 6. The van der Waals surface area contributed by atoms with E-state index in [2.05, 4.69) is 15.9 Å². The molecule has 17 heavy (non-hydrogen) atoms. The molecule has 1 aromatic rings. The van der Waals surface area contributed by atoms with Crippen molar-refractivity contribution in [2.75, 3.05) is 19.5 Å². The first kappa shape index (κ1) is 14.3. The van der Waals surface area contributed by atoms with Crippen LogP contribution < -0.4 is 0 Å². The number of ether oxygens (including phenoxy) is 1. The predicted molar refractivity (Wildman–Crippen MR) is 69.7 cm³/mol. The van der Waals surface area contributed by atoms with E-state index in [1.807, 2.05) is 0 Å². The molecule has 0 amide bonds. The van der Waals surface area contributed by atoms with Crippen molar-refractivity contribution in [3.63, 3.8) is 0 Å². The Morgan fingerprint density at radius 1 is 1.53 bits per heavy atom. The molecule has 0 radical (unpaired) electrons. The average Bonchev–Trinajstić information content (AvgIpc) is 2.28. The van der Waals surface area contributed by atoms with Gasteiger partial charge in [0, 0.05) is 33.9 Å². The Balaban J connectivity index is 2.72. The van der Waals surface area contributed by atoms with Gasteiger partial charge in [-0.1, -0.05) is 22.0 Å². The molecule has 1 rings (SSSR count). The number of carbonyl (C=O) groups is 1. The van der Waals surface area contributed by atoms with Crippen molar-refractivity contribution >= 4 is 32.7 Å². The van der Waals surface area contributed by atoms with Crippen LogP contribution in [0.25, 0.3) is 0 Å². The highest BCUT2D eigenvalue weighted by Gasteiger charge is 2.09. The summed E-state index contributed by atoms with van der Waals surface area (Å²) < 4.78 is 17.2. The van der Waals surface area contributed by atoms with Crippen LogP contribution in [0.3, 0.4) is 0 Å². The zero-order valence-electron chi connectivity index (χ0n) is 9.31. The molecule has 0 aliphatic heterocycles. The molecule has 94 valence electrons. The first-order valence-corrected chi connectivity index (χ1v) is 7.18. The van der Waals surface area contributed by atoms with Crippen LogP contribution in [0.2, 0.25) is 0 Å². The Morgan fingerprint density at radius 3 is 2.76 bits per heavy atom. The second-order valence-electron chi connectivity index (χ2n) is 3.39. The summed E-state index contributed by atoms with van der Waals surface area (Å²) >= 11 is 3.28. The molecule has 0 bridgehead atoms. The standard InChI is InChI=1S/C11H13BrO4S/c1-16-4-5-17(15)7-9-3-2-8(11(13)14)6-10(9)12/h2-3,6H,4-5,7H2,1H3,(H,13,14). The maximum atomic E-state index is 11.6. The monoisotopic (exact) mass is 320 g/mol. The van der Waals surface area contributed by atoms with Gasteiger partial charge in [-0.25, -0.2) is 4.79 Å². The maximum Gasteiger partial charge on any atom is 0.335 e. The van der Waals surface area contributed by atoms with Crippen molar-refractivity contribution in [2.45, 2.75) is 5.75 Å². The fraction of sp³-hybridized carbons (Fsp3) is 0.364. The third-order valence-corrected chi connectivity index (χ3v) is 4.12. The summed E-state index contributed by atoms with van der Waals surface area (Å²) in [6, 6.07) is 4.71. The predicted octanol–water partition coefficient (Wildman–Crippen LogP) is 2.04. The number of benzene rings is 1. The summed E-state index contributed by atoms with van der Waals surface area (Å²) in [6.07, 6.45) is 0. The van der Waals surface area contributed by atoms with Crippen molar-refractivity contribution in [3.8, 4) is 0 Å². The fourth-order valence-corrected chi connectivity index (χ4v) is 3.02. The van der Waals surface area contributed by atoms with Gasteiger partial charge in [0.05, 0.1) is 12.2 Å². The van der Waals surface area contributed by atoms with E-state index >= 15 is 0 Å². The lowest BCUT2D eigenvalue weighted by Crippen LogP contribution is -2.07. The van der Waals surface area contributed by atoms with Crippen LogP contribution >= 0.6 is 15.9 Å². The van der Waals surface area contributed by atoms with Gasteiger partial charge in [-0.3, -0.25) is 4.21 Å². The zero-order chi connectivity index (χ0) is 12.8. The average molecular weight is 321 g/mol. The van der Waals surface area contributed by atoms with Gasteiger partial charge in [0.25, 0.3) is 0 Å². The van der Waals surface area contributed by atoms with E-state index in [0.717, 1.165) is 5.56 Å². The van der Waals surface area contributed by atoms with Crippen molar-refractivity contribution < 1.29 is 18.8 Å². The molecule has 1 atom stereocenters. The van der Waals surface area contributed by atoms with Crippen LogP contribution in [0.15, 0.2) is 22.7 Å². The molecular weight excluding hydrogens is 308 g/mol. The van der Waals surface area contributed by atoms with Crippen molar-refractivity contribution in [1.82, 2.24) is 0 Å². The molecular formula is C11H13BrO4S. The number of hydrogen-bond acceptors (Lipinski definition) is 3. The molecule has 4 nitrogen and oxygen atoms in total. The van der Waals surface area contributed by atoms with Crippen LogP contribution in [0, 0.1) is 0 Å². The van der Waals surface area contributed by atoms with E-state index in [0.29, 0.717) is 22.6 Å². The molecule has 1 N–H and O–H groups in total. The normalized spacial score (nSPS) is 12.4. The van der Waals surface area contributed by atoms with Gasteiger partial charge in [-0.2, -0.15) is 0 Å². The van der Waals surface area contributed by atoms with Crippen LogP contribution in [0.1, 0.15) is 15.9 Å². The molecule has 6 heteroatoms. The van der Waals surface area contributed by atoms with Gasteiger partial charge in [0.2, 0.25) is 0 Å². The minimum Gasteiger partial charge on any atom is -0.478 e. The first-order chi connectivity index (χ1) is 8.04. The lowest BCUT2D eigenvalue weighted by molar-refractivity contribution is 0.0697. The molecule has 0 aromatic heterocycles. The molecule has 0 aliphatic rings. The van der Waals surface area contributed by atoms with E-state index in [9.17, 15) is 9.00 Å². The van der Waals surface area contributed by atoms with Gasteiger partial charge in [0.1, 0.15) is 0 Å². The van der Waals surface area contributed by atoms with E-state index in [4.69, 9.17) is 9.84 Å². The van der Waals surface area contributed by atoms with Crippen molar-refractivity contribution in [1.29, 1.82) is 0 Å². The number of methoxy groups -OCH3 is 1. The van der Waals surface area contributed by atoms with Gasteiger partial charge in [-0.15, -0.1) is 0 Å². The lowest BCUT2D eigenvalue weighted by Gasteiger charge is -2.05. The second kappa shape index (κ2) is 6.88. The van der Waals surface area contributed by atoms with Crippen molar-refractivity contribution in [3.05, 3.63) is 33.8 Å². The van der Waals surface area contributed by atoms with E-state index in [1.54, 1.807) is 13.2 Å². The van der Waals surface area contributed by atoms with E-state index in [-0.39, 0.29) is 5.56 Å². The van der Waals surface area contributed by atoms with Crippen molar-refractivity contribution in [2.24, 2.45) is 0 Å². The third kappa shape index (κ3) is 4.57. The number of hydrogen-bond donors (Lipinski definition) is 1. The highest BCUT2D eigenvalue weighted by atomic mass is 79.9. The molecule has 0 heterocycles. The van der Waals surface area contributed by atoms with Crippen LogP contribution in [0.5, 0.6) is 0 Å². The smallest absolute Gasteiger partial charge is 0.335 e. The van der Waals surface area contributed by atoms with Crippen LogP contribution in [0.4, 0.5) is 0 Å². The molecule has 0 fully saturated rings. The van der Waals surface area contributed by atoms with E-state index < -0.39 is 16.8 Å². The van der Waals surface area contributed by atoms with Gasteiger partial charge < -0.3 is 9.84 Å². The van der Waals surface area contributed by atoms with Gasteiger partial charge in [0.15, 0.2) is 0 Å². The second-order valence-corrected chi connectivity index (χ2v) is 5.82. The third-order valence-electron chi connectivity index (χ3n) is 2.13. The number of halogens is 1. The minimum atomic E-state index is -1.00. The Hall–Kier alpha value is -0.720. The Labute approximate surface area is 111 Å². The number of carboxylic acid groups (broad SMARTS) is 1. The SMILES string of the molecule is COCCS(=O)Cc1ccc(C(=O)O)cc1Br. The fourth-order valence-electron chi connectivity index (χ4n) is 1.22. The Morgan fingerprint density at radius 2 is 2.24 bits per heavy atom. The highest BCUT2D eigenvalue weighted by Crippen LogP contribution is 2.20. The summed E-state index contributed by atoms with van der Waals surface area (Å²) in [7, 11) is 0.563. The Bertz CT molecular complexity index is 433. The molecule has 1 aromatic carbocycles. The molecule has 0 saturated heterocycles. The van der Waals surface area contributed by atoms with Gasteiger partial charge >= 0.3 is 5.97 Å². The topological polar surface area (TPSA) is 63.6 Å². The summed E-state index contributed by atoms with van der Waals surface area (Å²) in [4.78, 5) is 10.7.